The Labute approximate surface area is 271 Å². The lowest BCUT2D eigenvalue weighted by molar-refractivity contribution is 0.102. The number of rotatable bonds is 4. The van der Waals surface area contributed by atoms with Crippen molar-refractivity contribution < 1.29 is 9.53 Å². The predicted molar refractivity (Wildman–Crippen MR) is 190 cm³/mol. The standard InChI is InChI=1S/C38H29N5O2S/c44-37(25-14-17-28(18-15-25)45-38(46)43-22-20-42(21-23-43)27-8-2-1-3-9-27)39-26-16-19-33-34(24-26)41-36-32-13-7-5-11-30(32)29-10-4-6-12-31(29)35(36)40-33/h1-19,24H,20-23H2,(H,39,44). The van der Waals surface area contributed by atoms with Crippen LogP contribution in [0.4, 0.5) is 11.4 Å². The number of piperazine rings is 1. The molecule has 0 aliphatic carbocycles. The number of carbonyl (C=O) groups is 1. The first-order valence-corrected chi connectivity index (χ1v) is 15.7. The molecule has 224 valence electrons. The molecule has 1 aromatic heterocycles. The summed E-state index contributed by atoms with van der Waals surface area (Å²) in [5.41, 5.74) is 5.57. The number of nitrogens with zero attached hydrogens (tertiary/aromatic N) is 4. The summed E-state index contributed by atoms with van der Waals surface area (Å²) >= 11 is 5.59. The molecule has 46 heavy (non-hydrogen) atoms. The number of thiocarbonyl (C=S) groups is 1. The molecular formula is C38H29N5O2S. The van der Waals surface area contributed by atoms with E-state index in [-0.39, 0.29) is 5.91 Å². The zero-order valence-electron chi connectivity index (χ0n) is 24.9. The molecule has 1 saturated heterocycles. The third-order valence-corrected chi connectivity index (χ3v) is 8.90. The maximum atomic E-state index is 13.2. The maximum absolute atomic E-state index is 13.2. The minimum absolute atomic E-state index is 0.226. The molecule has 1 fully saturated rings. The molecule has 7 nitrogen and oxygen atoms in total. The van der Waals surface area contributed by atoms with Crippen LogP contribution in [0, 0.1) is 0 Å². The summed E-state index contributed by atoms with van der Waals surface area (Å²) in [5, 5.41) is 7.87. The molecular weight excluding hydrogens is 591 g/mol. The number of amides is 1. The Morgan fingerprint density at radius 1 is 0.652 bits per heavy atom. The molecule has 0 atom stereocenters. The topological polar surface area (TPSA) is 70.6 Å². The number of hydrogen-bond acceptors (Lipinski definition) is 6. The van der Waals surface area contributed by atoms with Gasteiger partial charge in [-0.3, -0.25) is 4.79 Å². The van der Waals surface area contributed by atoms with Crippen molar-refractivity contribution in [1.82, 2.24) is 14.9 Å². The van der Waals surface area contributed by atoms with Gasteiger partial charge in [0.1, 0.15) is 5.75 Å². The van der Waals surface area contributed by atoms with Gasteiger partial charge in [-0.05, 0) is 77.6 Å². The molecule has 7 aromatic rings. The van der Waals surface area contributed by atoms with Crippen molar-refractivity contribution in [3.05, 3.63) is 127 Å². The van der Waals surface area contributed by atoms with Gasteiger partial charge in [0.2, 0.25) is 0 Å². The highest BCUT2D eigenvalue weighted by Gasteiger charge is 2.20. The van der Waals surface area contributed by atoms with Gasteiger partial charge in [-0.25, -0.2) is 9.97 Å². The lowest BCUT2D eigenvalue weighted by Gasteiger charge is -2.36. The fourth-order valence-corrected chi connectivity index (χ4v) is 6.46. The molecule has 8 heteroatoms. The van der Waals surface area contributed by atoms with Crippen LogP contribution in [0.15, 0.2) is 121 Å². The van der Waals surface area contributed by atoms with Gasteiger partial charge in [0, 0.05) is 53.9 Å². The number of ether oxygens (including phenoxy) is 1. The highest BCUT2D eigenvalue weighted by molar-refractivity contribution is 7.80. The first-order chi connectivity index (χ1) is 22.6. The molecule has 1 aliphatic heterocycles. The number of carbonyl (C=O) groups excluding carboxylic acids is 1. The fourth-order valence-electron chi connectivity index (χ4n) is 6.19. The second kappa shape index (κ2) is 11.7. The van der Waals surface area contributed by atoms with Gasteiger partial charge < -0.3 is 19.9 Å². The number of anilines is 2. The first-order valence-electron chi connectivity index (χ1n) is 15.3. The Morgan fingerprint density at radius 2 is 1.24 bits per heavy atom. The van der Waals surface area contributed by atoms with Crippen LogP contribution < -0.4 is 15.0 Å². The molecule has 0 saturated carbocycles. The monoisotopic (exact) mass is 619 g/mol. The number of hydrogen-bond donors (Lipinski definition) is 1. The minimum Gasteiger partial charge on any atom is -0.432 e. The number of benzene rings is 6. The lowest BCUT2D eigenvalue weighted by Crippen LogP contribution is -2.49. The highest BCUT2D eigenvalue weighted by atomic mass is 32.1. The van der Waals surface area contributed by atoms with Crippen molar-refractivity contribution in [3.63, 3.8) is 0 Å². The average molecular weight is 620 g/mol. The Hall–Kier alpha value is -5.60. The molecule has 0 radical (unpaired) electrons. The smallest absolute Gasteiger partial charge is 0.264 e. The van der Waals surface area contributed by atoms with Crippen LogP contribution in [0.3, 0.4) is 0 Å². The summed E-state index contributed by atoms with van der Waals surface area (Å²) in [6.45, 7) is 3.31. The lowest BCUT2D eigenvalue weighted by atomic mass is 9.99. The Bertz CT molecular complexity index is 2270. The Balaban J connectivity index is 0.967. The number of fused-ring (bicyclic) bond motifs is 7. The number of aromatic nitrogens is 2. The van der Waals surface area contributed by atoms with Crippen molar-refractivity contribution in [1.29, 1.82) is 0 Å². The second-order valence-electron chi connectivity index (χ2n) is 11.4. The molecule has 1 amide bonds. The SMILES string of the molecule is O=C(Nc1ccc2nc3c4ccccc4c4ccccc4c3nc2c1)c1ccc(OC(=S)N2CCN(c3ccccc3)CC2)cc1. The normalized spacial score (nSPS) is 13.4. The summed E-state index contributed by atoms with van der Waals surface area (Å²) in [6, 6.07) is 39.6. The van der Waals surface area contributed by atoms with Gasteiger partial charge in [-0.15, -0.1) is 0 Å². The van der Waals surface area contributed by atoms with E-state index in [2.05, 4.69) is 69.7 Å². The molecule has 6 aromatic carbocycles. The third kappa shape index (κ3) is 5.22. The molecule has 0 unspecified atom stereocenters. The van der Waals surface area contributed by atoms with E-state index in [9.17, 15) is 4.79 Å². The largest absolute Gasteiger partial charge is 0.432 e. The average Bonchev–Trinajstić information content (AvgIpc) is 3.12. The third-order valence-electron chi connectivity index (χ3n) is 8.56. The summed E-state index contributed by atoms with van der Waals surface area (Å²) < 4.78 is 5.98. The van der Waals surface area contributed by atoms with Gasteiger partial charge in [0.25, 0.3) is 11.1 Å². The predicted octanol–water partition coefficient (Wildman–Crippen LogP) is 7.83. The highest BCUT2D eigenvalue weighted by Crippen LogP contribution is 2.34. The summed E-state index contributed by atoms with van der Waals surface area (Å²) in [7, 11) is 0. The molecule has 1 N–H and O–H groups in total. The fraction of sp³-hybridized carbons (Fsp3) is 0.105. The van der Waals surface area contributed by atoms with Gasteiger partial charge >= 0.3 is 0 Å². The summed E-state index contributed by atoms with van der Waals surface area (Å²) in [4.78, 5) is 27.7. The van der Waals surface area contributed by atoms with Gasteiger partial charge in [0.05, 0.1) is 22.1 Å². The van der Waals surface area contributed by atoms with Gasteiger partial charge in [0.15, 0.2) is 0 Å². The van der Waals surface area contributed by atoms with Gasteiger partial charge in [-0.2, -0.15) is 0 Å². The molecule has 2 heterocycles. The molecule has 0 spiro atoms. The van der Waals surface area contributed by atoms with Crippen LogP contribution in [0.25, 0.3) is 43.6 Å². The van der Waals surface area contributed by atoms with Crippen molar-refractivity contribution in [2.45, 2.75) is 0 Å². The van der Waals surface area contributed by atoms with Crippen LogP contribution in [-0.2, 0) is 0 Å². The zero-order chi connectivity index (χ0) is 31.0. The van der Waals surface area contributed by atoms with Crippen molar-refractivity contribution in [2.75, 3.05) is 36.4 Å². The Kier molecular flexibility index (Phi) is 7.11. The zero-order valence-corrected chi connectivity index (χ0v) is 25.7. The summed E-state index contributed by atoms with van der Waals surface area (Å²) in [5.74, 6) is 0.371. The van der Waals surface area contributed by atoms with Crippen LogP contribution in [0.1, 0.15) is 10.4 Å². The van der Waals surface area contributed by atoms with E-state index < -0.39 is 0 Å². The quantitative estimate of drug-likeness (QED) is 0.122. The number of nitrogens with one attached hydrogen (secondary N) is 1. The van der Waals surface area contributed by atoms with Crippen molar-refractivity contribution >= 4 is 78.3 Å². The molecule has 0 bridgehead atoms. The number of para-hydroxylation sites is 1. The Morgan fingerprint density at radius 3 is 1.89 bits per heavy atom. The van der Waals surface area contributed by atoms with E-state index in [1.54, 1.807) is 24.3 Å². The van der Waals surface area contributed by atoms with E-state index in [4.69, 9.17) is 26.9 Å². The van der Waals surface area contributed by atoms with Crippen LogP contribution in [-0.4, -0.2) is 52.1 Å². The summed E-state index contributed by atoms with van der Waals surface area (Å²) in [6.07, 6.45) is 0. The van der Waals surface area contributed by atoms with E-state index in [1.165, 1.54) is 5.69 Å². The van der Waals surface area contributed by atoms with Crippen molar-refractivity contribution in [2.24, 2.45) is 0 Å². The van der Waals surface area contributed by atoms with E-state index in [0.29, 0.717) is 27.7 Å². The van der Waals surface area contributed by atoms with Crippen molar-refractivity contribution in [3.8, 4) is 5.75 Å². The van der Waals surface area contributed by atoms with Gasteiger partial charge in [-0.1, -0.05) is 66.7 Å². The maximum Gasteiger partial charge on any atom is 0.264 e. The van der Waals surface area contributed by atoms with Crippen LogP contribution >= 0.6 is 12.2 Å². The van der Waals surface area contributed by atoms with Crippen LogP contribution in [0.5, 0.6) is 5.75 Å². The molecule has 8 rings (SSSR count). The van der Waals surface area contributed by atoms with Crippen LogP contribution in [0.2, 0.25) is 0 Å². The minimum atomic E-state index is -0.226. The van der Waals surface area contributed by atoms with E-state index in [0.717, 1.165) is 64.3 Å². The second-order valence-corrected chi connectivity index (χ2v) is 11.7. The molecule has 1 aliphatic rings. The first kappa shape index (κ1) is 27.9. The van der Waals surface area contributed by atoms with E-state index >= 15 is 0 Å². The van der Waals surface area contributed by atoms with E-state index in [1.807, 2.05) is 42.5 Å².